The number of nitrogens with one attached hydrogen (secondary N) is 1. The highest BCUT2D eigenvalue weighted by molar-refractivity contribution is 7.89. The summed E-state index contributed by atoms with van der Waals surface area (Å²) in [6.07, 6.45) is 2.94. The number of aromatic nitrogens is 1. The van der Waals surface area contributed by atoms with Crippen molar-refractivity contribution in [3.63, 3.8) is 0 Å². The summed E-state index contributed by atoms with van der Waals surface area (Å²) in [6.45, 7) is 11.1. The van der Waals surface area contributed by atoms with Crippen LogP contribution in [0.1, 0.15) is 13.8 Å². The highest BCUT2D eigenvalue weighted by atomic mass is 32.2. The lowest BCUT2D eigenvalue weighted by atomic mass is 10.1. The molecule has 1 fully saturated rings. The third-order valence-electron chi connectivity index (χ3n) is 4.05. The number of pyridine rings is 1. The molecular formula is C15H26N4O2S. The molecule has 2 rings (SSSR count). The molecule has 2 heterocycles. The highest BCUT2D eigenvalue weighted by Crippen LogP contribution is 2.08. The Morgan fingerprint density at radius 1 is 1.27 bits per heavy atom. The largest absolute Gasteiger partial charge is 0.301 e. The van der Waals surface area contributed by atoms with Gasteiger partial charge in [0.2, 0.25) is 10.0 Å². The van der Waals surface area contributed by atoms with Crippen LogP contribution in [-0.4, -0.2) is 69.0 Å². The van der Waals surface area contributed by atoms with Gasteiger partial charge in [0, 0.05) is 51.7 Å². The molecule has 6 nitrogen and oxygen atoms in total. The molecule has 0 spiro atoms. The summed E-state index contributed by atoms with van der Waals surface area (Å²) in [5.41, 5.74) is 0. The number of rotatable bonds is 7. The fourth-order valence-corrected chi connectivity index (χ4v) is 3.76. The molecule has 0 aromatic carbocycles. The average molecular weight is 326 g/mol. The smallest absolute Gasteiger partial charge is 0.242 e. The van der Waals surface area contributed by atoms with Gasteiger partial charge in [-0.25, -0.2) is 13.1 Å². The maximum absolute atomic E-state index is 12.1. The molecule has 124 valence electrons. The van der Waals surface area contributed by atoms with E-state index in [1.54, 1.807) is 18.3 Å². The van der Waals surface area contributed by atoms with Crippen LogP contribution in [0.4, 0.5) is 0 Å². The Bertz CT molecular complexity index is 542. The molecule has 1 atom stereocenters. The Labute approximate surface area is 133 Å². The molecule has 0 amide bonds. The first-order valence-electron chi connectivity index (χ1n) is 7.85. The minimum Gasteiger partial charge on any atom is -0.301 e. The zero-order chi connectivity index (χ0) is 16.0. The van der Waals surface area contributed by atoms with Crippen LogP contribution < -0.4 is 4.72 Å². The topological polar surface area (TPSA) is 65.5 Å². The first-order valence-corrected chi connectivity index (χ1v) is 9.34. The molecule has 1 aliphatic heterocycles. The van der Waals surface area contributed by atoms with Crippen molar-refractivity contribution in [1.82, 2.24) is 19.5 Å². The maximum Gasteiger partial charge on any atom is 0.242 e. The highest BCUT2D eigenvalue weighted by Gasteiger charge is 2.19. The van der Waals surface area contributed by atoms with E-state index in [0.29, 0.717) is 6.54 Å². The van der Waals surface area contributed by atoms with Gasteiger partial charge in [0.05, 0.1) is 0 Å². The van der Waals surface area contributed by atoms with Gasteiger partial charge in [-0.1, -0.05) is 13.8 Å². The Balaban J connectivity index is 1.77. The van der Waals surface area contributed by atoms with Crippen molar-refractivity contribution >= 4 is 10.0 Å². The van der Waals surface area contributed by atoms with Crippen LogP contribution in [0.15, 0.2) is 29.4 Å². The predicted molar refractivity (Wildman–Crippen MR) is 87.1 cm³/mol. The monoisotopic (exact) mass is 326 g/mol. The Kier molecular flexibility index (Phi) is 6.31. The number of piperazine rings is 1. The molecule has 1 N–H and O–H groups in total. The molecule has 0 radical (unpaired) electrons. The quantitative estimate of drug-likeness (QED) is 0.796. The molecule has 1 aromatic rings. The summed E-state index contributed by atoms with van der Waals surface area (Å²) in [4.78, 5) is 8.92. The molecule has 1 aromatic heterocycles. The normalized spacial score (nSPS) is 19.2. The first-order chi connectivity index (χ1) is 10.5. The van der Waals surface area contributed by atoms with E-state index < -0.39 is 10.0 Å². The van der Waals surface area contributed by atoms with E-state index in [0.717, 1.165) is 39.3 Å². The fourth-order valence-electron chi connectivity index (χ4n) is 2.63. The summed E-state index contributed by atoms with van der Waals surface area (Å²) in [7, 11) is -3.45. The summed E-state index contributed by atoms with van der Waals surface area (Å²) in [6, 6.07) is 3.19. The van der Waals surface area contributed by atoms with Gasteiger partial charge in [-0.2, -0.15) is 0 Å². The predicted octanol–water partition coefficient (Wildman–Crippen LogP) is 0.634. The zero-order valence-electron chi connectivity index (χ0n) is 13.4. The Morgan fingerprint density at radius 3 is 2.55 bits per heavy atom. The second-order valence-electron chi connectivity index (χ2n) is 5.88. The van der Waals surface area contributed by atoms with E-state index in [-0.39, 0.29) is 10.8 Å². The minimum absolute atomic E-state index is 0.221. The van der Waals surface area contributed by atoms with Gasteiger partial charge in [0.25, 0.3) is 0 Å². The Morgan fingerprint density at radius 2 is 1.95 bits per heavy atom. The van der Waals surface area contributed by atoms with Crippen LogP contribution in [0, 0.1) is 5.92 Å². The van der Waals surface area contributed by atoms with E-state index in [9.17, 15) is 8.42 Å². The van der Waals surface area contributed by atoms with Crippen molar-refractivity contribution < 1.29 is 8.42 Å². The van der Waals surface area contributed by atoms with E-state index in [1.165, 1.54) is 6.20 Å². The summed E-state index contributed by atoms with van der Waals surface area (Å²) in [5.74, 6) is 0.277. The number of nitrogens with zero attached hydrogens (tertiary/aromatic N) is 3. The van der Waals surface area contributed by atoms with Gasteiger partial charge in [-0.3, -0.25) is 4.98 Å². The van der Waals surface area contributed by atoms with Crippen LogP contribution in [0.25, 0.3) is 0 Å². The van der Waals surface area contributed by atoms with Crippen molar-refractivity contribution in [2.24, 2.45) is 5.92 Å². The molecule has 22 heavy (non-hydrogen) atoms. The second-order valence-corrected chi connectivity index (χ2v) is 7.65. The van der Waals surface area contributed by atoms with Gasteiger partial charge in [0.15, 0.2) is 0 Å². The minimum atomic E-state index is -3.45. The van der Waals surface area contributed by atoms with Crippen LogP contribution in [-0.2, 0) is 10.0 Å². The van der Waals surface area contributed by atoms with Crippen molar-refractivity contribution in [2.75, 3.05) is 45.8 Å². The number of hydrogen-bond donors (Lipinski definition) is 1. The number of sulfonamides is 1. The van der Waals surface area contributed by atoms with Crippen LogP contribution in [0.2, 0.25) is 0 Å². The molecule has 1 aliphatic rings. The first kappa shape index (κ1) is 17.3. The lowest BCUT2D eigenvalue weighted by Gasteiger charge is -2.35. The number of hydrogen-bond acceptors (Lipinski definition) is 5. The van der Waals surface area contributed by atoms with Crippen LogP contribution >= 0.6 is 0 Å². The van der Waals surface area contributed by atoms with Crippen molar-refractivity contribution in [1.29, 1.82) is 0 Å². The van der Waals surface area contributed by atoms with Gasteiger partial charge < -0.3 is 9.80 Å². The van der Waals surface area contributed by atoms with Gasteiger partial charge in [0.1, 0.15) is 4.90 Å². The fraction of sp³-hybridized carbons (Fsp3) is 0.667. The van der Waals surface area contributed by atoms with Crippen molar-refractivity contribution in [2.45, 2.75) is 18.7 Å². The van der Waals surface area contributed by atoms with Crippen LogP contribution in [0.3, 0.4) is 0 Å². The summed E-state index contributed by atoms with van der Waals surface area (Å²) in [5, 5.41) is 0. The SMILES string of the molecule is CCN1CCN(C[C@@H](C)CNS(=O)(=O)c2cccnc2)CC1. The van der Waals surface area contributed by atoms with Crippen molar-refractivity contribution in [3.8, 4) is 0 Å². The molecule has 0 bridgehead atoms. The van der Waals surface area contributed by atoms with Gasteiger partial charge in [-0.15, -0.1) is 0 Å². The maximum atomic E-state index is 12.1. The van der Waals surface area contributed by atoms with Crippen molar-refractivity contribution in [3.05, 3.63) is 24.5 Å². The molecule has 1 saturated heterocycles. The molecule has 7 heteroatoms. The van der Waals surface area contributed by atoms with Gasteiger partial charge >= 0.3 is 0 Å². The zero-order valence-corrected chi connectivity index (χ0v) is 14.2. The van der Waals surface area contributed by atoms with Gasteiger partial charge in [-0.05, 0) is 24.6 Å². The second kappa shape index (κ2) is 8.01. The number of likely N-dealkylation sites (N-methyl/N-ethyl adjacent to an activating group) is 1. The molecule has 0 saturated carbocycles. The lowest BCUT2D eigenvalue weighted by Crippen LogP contribution is -2.48. The molecule has 0 unspecified atom stereocenters. The average Bonchev–Trinajstić information content (AvgIpc) is 2.55. The van der Waals surface area contributed by atoms with E-state index in [1.807, 2.05) is 0 Å². The summed E-state index contributed by atoms with van der Waals surface area (Å²) >= 11 is 0. The molecular weight excluding hydrogens is 300 g/mol. The third kappa shape index (κ3) is 5.01. The standard InChI is InChI=1S/C15H26N4O2S/c1-3-18-7-9-19(10-8-18)13-14(2)11-17-22(20,21)15-5-4-6-16-12-15/h4-6,12,14,17H,3,7-11,13H2,1-2H3/t14-/m0/s1. The van der Waals surface area contributed by atoms with E-state index in [4.69, 9.17) is 0 Å². The molecule has 0 aliphatic carbocycles. The van der Waals surface area contributed by atoms with E-state index in [2.05, 4.69) is 33.4 Å². The Hall–Kier alpha value is -1.02. The third-order valence-corrected chi connectivity index (χ3v) is 5.46. The summed E-state index contributed by atoms with van der Waals surface area (Å²) < 4.78 is 27.0. The van der Waals surface area contributed by atoms with Crippen LogP contribution in [0.5, 0.6) is 0 Å². The lowest BCUT2D eigenvalue weighted by molar-refractivity contribution is 0.125. The van der Waals surface area contributed by atoms with E-state index >= 15 is 0 Å².